The first-order valence-electron chi connectivity index (χ1n) is 9.77. The maximum atomic E-state index is 11.0. The fourth-order valence-corrected chi connectivity index (χ4v) is 2.96. The van der Waals surface area contributed by atoms with Crippen LogP contribution in [0.25, 0.3) is 0 Å². The van der Waals surface area contributed by atoms with Crippen LogP contribution in [0.3, 0.4) is 0 Å². The Bertz CT molecular complexity index is 482. The number of aliphatic hydroxyl groups is 2. The molecule has 0 bridgehead atoms. The van der Waals surface area contributed by atoms with E-state index in [0.29, 0.717) is 45.1 Å². The van der Waals surface area contributed by atoms with Gasteiger partial charge in [-0.2, -0.15) is 0 Å². The lowest BCUT2D eigenvalue weighted by Crippen LogP contribution is -2.18. The van der Waals surface area contributed by atoms with Gasteiger partial charge < -0.3 is 28.3 Å². The number of hydrogen-bond donors (Lipinski definition) is 2. The summed E-state index contributed by atoms with van der Waals surface area (Å²) in [4.78, 5) is 42.8. The molecule has 13 heteroatoms. The molecule has 2 N–H and O–H groups in total. The largest absolute Gasteiger partial charge is 0.468 e. The van der Waals surface area contributed by atoms with E-state index in [2.05, 4.69) is 61.4 Å². The Balaban J connectivity index is -0.000000453. The average molecular weight is 661 g/mol. The molecular weight excluding hydrogens is 628 g/mol. The molecule has 10 nitrogen and oxygen atoms in total. The number of hydrogen-bond acceptors (Lipinski definition) is 10. The molecule has 0 spiro atoms. The first kappa shape index (κ1) is 35.8. The van der Waals surface area contributed by atoms with E-state index in [1.807, 2.05) is 0 Å². The zero-order chi connectivity index (χ0) is 25.4. The van der Waals surface area contributed by atoms with Crippen molar-refractivity contribution in [3.05, 3.63) is 0 Å². The highest BCUT2D eigenvalue weighted by molar-refractivity contribution is 9.10. The SMILES string of the molecule is CCOC(=O)CCCCC(=O)OBr.COC(=O)C(Br)CCCC(Br)C(=O)OC.OCCO. The van der Waals surface area contributed by atoms with Crippen molar-refractivity contribution in [1.29, 1.82) is 0 Å². The maximum Gasteiger partial charge on any atom is 0.319 e. The molecule has 0 fully saturated rings. The number of aliphatic hydroxyl groups excluding tert-OH is 2. The summed E-state index contributed by atoms with van der Waals surface area (Å²) < 4.78 is 18.1. The van der Waals surface area contributed by atoms with Crippen molar-refractivity contribution in [1.82, 2.24) is 0 Å². The van der Waals surface area contributed by atoms with Crippen LogP contribution in [-0.4, -0.2) is 77.8 Å². The van der Waals surface area contributed by atoms with Gasteiger partial charge in [0.15, 0.2) is 16.3 Å². The van der Waals surface area contributed by atoms with Gasteiger partial charge in [-0.15, -0.1) is 0 Å². The zero-order valence-electron chi connectivity index (χ0n) is 18.5. The van der Waals surface area contributed by atoms with Gasteiger partial charge in [0.2, 0.25) is 0 Å². The zero-order valence-corrected chi connectivity index (χ0v) is 23.3. The molecule has 0 aliphatic carbocycles. The third kappa shape index (κ3) is 25.5. The Hall–Kier alpha value is -0.760. The van der Waals surface area contributed by atoms with Crippen molar-refractivity contribution < 1.29 is 47.4 Å². The molecule has 0 aromatic rings. The normalized spacial score (nSPS) is 11.4. The molecule has 0 aliphatic rings. The molecule has 190 valence electrons. The molecule has 0 heterocycles. The van der Waals surface area contributed by atoms with E-state index in [4.69, 9.17) is 14.9 Å². The van der Waals surface area contributed by atoms with Crippen LogP contribution in [0.4, 0.5) is 0 Å². The number of carbonyl (C=O) groups is 4. The van der Waals surface area contributed by atoms with Gasteiger partial charge in [0.1, 0.15) is 9.65 Å². The van der Waals surface area contributed by atoms with Crippen LogP contribution >= 0.6 is 48.1 Å². The Morgan fingerprint density at radius 1 is 0.781 bits per heavy atom. The van der Waals surface area contributed by atoms with E-state index in [-0.39, 0.29) is 46.7 Å². The molecule has 2 unspecified atom stereocenters. The van der Waals surface area contributed by atoms with Gasteiger partial charge in [-0.25, -0.2) is 0 Å². The lowest BCUT2D eigenvalue weighted by atomic mass is 10.1. The highest BCUT2D eigenvalue weighted by atomic mass is 79.9. The topological polar surface area (TPSA) is 146 Å². The van der Waals surface area contributed by atoms with E-state index in [1.54, 1.807) is 6.92 Å². The van der Waals surface area contributed by atoms with E-state index in [1.165, 1.54) is 14.2 Å². The van der Waals surface area contributed by atoms with Gasteiger partial charge in [-0.3, -0.25) is 19.2 Å². The summed E-state index contributed by atoms with van der Waals surface area (Å²) in [5.41, 5.74) is 0. The molecule has 0 rings (SSSR count). The summed E-state index contributed by atoms with van der Waals surface area (Å²) in [7, 11) is 2.69. The van der Waals surface area contributed by atoms with Gasteiger partial charge in [0, 0.05) is 12.8 Å². The minimum atomic E-state index is -0.316. The molecule has 0 aliphatic heterocycles. The first-order chi connectivity index (χ1) is 15.1. The van der Waals surface area contributed by atoms with Crippen molar-refractivity contribution >= 4 is 72.0 Å². The second-order valence-electron chi connectivity index (χ2n) is 5.82. The number of alkyl halides is 2. The summed E-state index contributed by atoms with van der Waals surface area (Å²) in [6.45, 7) is 1.92. The lowest BCUT2D eigenvalue weighted by molar-refractivity contribution is -0.143. The van der Waals surface area contributed by atoms with E-state index < -0.39 is 0 Å². The van der Waals surface area contributed by atoms with Gasteiger partial charge in [0.25, 0.3) is 0 Å². The Morgan fingerprint density at radius 2 is 1.19 bits per heavy atom. The summed E-state index contributed by atoms with van der Waals surface area (Å²) >= 11 is 8.98. The number of halogens is 3. The molecule has 2 atom stereocenters. The van der Waals surface area contributed by atoms with Gasteiger partial charge >= 0.3 is 23.9 Å². The van der Waals surface area contributed by atoms with Gasteiger partial charge in [-0.05, 0) is 32.6 Å². The second-order valence-corrected chi connectivity index (χ2v) is 8.36. The average Bonchev–Trinajstić information content (AvgIpc) is 2.80. The fourth-order valence-electron chi connectivity index (χ4n) is 1.78. The van der Waals surface area contributed by atoms with Crippen LogP contribution in [0, 0.1) is 0 Å². The molecule has 32 heavy (non-hydrogen) atoms. The third-order valence-corrected chi connectivity index (χ3v) is 5.36. The molecule has 0 aromatic carbocycles. The highest BCUT2D eigenvalue weighted by Gasteiger charge is 2.18. The van der Waals surface area contributed by atoms with E-state index >= 15 is 0 Å². The number of carbonyl (C=O) groups excluding carboxylic acids is 4. The van der Waals surface area contributed by atoms with Crippen LogP contribution in [0.15, 0.2) is 0 Å². The van der Waals surface area contributed by atoms with E-state index in [0.717, 1.165) is 6.42 Å². The molecule has 0 saturated carbocycles. The number of methoxy groups -OCH3 is 2. The van der Waals surface area contributed by atoms with Crippen molar-refractivity contribution in [2.45, 2.75) is 61.5 Å². The minimum Gasteiger partial charge on any atom is -0.468 e. The summed E-state index contributed by atoms with van der Waals surface area (Å²) in [5.74, 6) is -1.11. The summed E-state index contributed by atoms with van der Waals surface area (Å²) in [6, 6.07) is 0. The maximum absolute atomic E-state index is 11.0. The van der Waals surface area contributed by atoms with Crippen LogP contribution in [0.1, 0.15) is 51.9 Å². The number of rotatable bonds is 13. The van der Waals surface area contributed by atoms with Crippen molar-refractivity contribution in [3.8, 4) is 0 Å². The fraction of sp³-hybridized carbons (Fsp3) is 0.789. The predicted molar refractivity (Wildman–Crippen MR) is 128 cm³/mol. The van der Waals surface area contributed by atoms with Crippen LogP contribution < -0.4 is 0 Å². The molecule has 0 amide bonds. The van der Waals surface area contributed by atoms with Crippen molar-refractivity contribution in [3.63, 3.8) is 0 Å². The van der Waals surface area contributed by atoms with Crippen LogP contribution in [0.2, 0.25) is 0 Å². The van der Waals surface area contributed by atoms with Gasteiger partial charge in [0.05, 0.1) is 34.0 Å². The number of ether oxygens (including phenoxy) is 3. The standard InChI is InChI=1S/C9H14Br2O4.C8H13BrO4.C2H6O2/c1-14-8(12)6(10)4-3-5-7(11)9(13)15-2;1-2-12-7(10)5-3-4-6-8(11)13-9;3-1-2-4/h6-7H,3-5H2,1-2H3;2-6H2,1H3;3-4H,1-2H2. The quantitative estimate of drug-likeness (QED) is 0.131. The van der Waals surface area contributed by atoms with Crippen LogP contribution in [0.5, 0.6) is 0 Å². The Kier molecular flexibility index (Phi) is 29.7. The highest BCUT2D eigenvalue weighted by Crippen LogP contribution is 2.16. The molecule has 0 aromatic heterocycles. The third-order valence-electron chi connectivity index (χ3n) is 3.33. The summed E-state index contributed by atoms with van der Waals surface area (Å²) in [5, 5.41) is 15.2. The molecule has 0 radical (unpaired) electrons. The number of unbranched alkanes of at least 4 members (excludes halogenated alkanes) is 1. The molecular formula is C19H33Br3O10. The minimum absolute atomic E-state index is 0.125. The Labute approximate surface area is 214 Å². The second kappa shape index (κ2) is 26.5. The van der Waals surface area contributed by atoms with Crippen molar-refractivity contribution in [2.75, 3.05) is 34.0 Å². The van der Waals surface area contributed by atoms with Crippen molar-refractivity contribution in [2.24, 2.45) is 0 Å². The number of esters is 3. The molecule has 0 saturated heterocycles. The lowest BCUT2D eigenvalue weighted by Gasteiger charge is -2.09. The summed E-state index contributed by atoms with van der Waals surface area (Å²) in [6.07, 6.45) is 3.98. The monoisotopic (exact) mass is 658 g/mol. The van der Waals surface area contributed by atoms with Crippen LogP contribution in [-0.2, 0) is 37.2 Å². The predicted octanol–water partition coefficient (Wildman–Crippen LogP) is 2.96. The van der Waals surface area contributed by atoms with Gasteiger partial charge in [-0.1, -0.05) is 38.3 Å². The Morgan fingerprint density at radius 3 is 1.50 bits per heavy atom. The smallest absolute Gasteiger partial charge is 0.319 e. The van der Waals surface area contributed by atoms with E-state index in [9.17, 15) is 19.2 Å². The first-order valence-corrected chi connectivity index (χ1v) is 12.2.